The maximum Gasteiger partial charge on any atom is 0.0991 e. The summed E-state index contributed by atoms with van der Waals surface area (Å²) in [7, 11) is 0. The quantitative estimate of drug-likeness (QED) is 0.705. The molecule has 2 nitrogen and oxygen atoms in total. The molecule has 14 heavy (non-hydrogen) atoms. The Kier molecular flexibility index (Phi) is 2.24. The van der Waals surface area contributed by atoms with E-state index in [9.17, 15) is 0 Å². The summed E-state index contributed by atoms with van der Waals surface area (Å²) in [6.07, 6.45) is 3.21. The molecule has 0 aliphatic carbocycles. The third-order valence-electron chi connectivity index (χ3n) is 2.36. The summed E-state index contributed by atoms with van der Waals surface area (Å²) in [5, 5.41) is 9.90. The van der Waals surface area contributed by atoms with Gasteiger partial charge < -0.3 is 4.57 Å². The minimum atomic E-state index is 0.728. The third-order valence-corrected chi connectivity index (χ3v) is 2.36. The summed E-state index contributed by atoms with van der Waals surface area (Å²) in [6, 6.07) is 10.0. The van der Waals surface area contributed by atoms with E-state index < -0.39 is 0 Å². The van der Waals surface area contributed by atoms with Gasteiger partial charge in [0, 0.05) is 23.6 Å². The van der Waals surface area contributed by atoms with Crippen molar-refractivity contribution in [3.8, 4) is 6.07 Å². The molecule has 0 aliphatic heterocycles. The minimum Gasteiger partial charge on any atom is -0.347 e. The minimum absolute atomic E-state index is 0.728. The number of benzene rings is 1. The van der Waals surface area contributed by atoms with Crippen LogP contribution in [-0.2, 0) is 6.54 Å². The highest BCUT2D eigenvalue weighted by atomic mass is 14.9. The monoisotopic (exact) mass is 184 g/mol. The maximum atomic E-state index is 8.75. The van der Waals surface area contributed by atoms with Crippen molar-refractivity contribution < 1.29 is 0 Å². The first-order chi connectivity index (χ1) is 6.85. The Hall–Kier alpha value is -1.75. The summed E-state index contributed by atoms with van der Waals surface area (Å²) in [6.45, 7) is 3.20. The lowest BCUT2D eigenvalue weighted by Crippen LogP contribution is -1.93. The van der Waals surface area contributed by atoms with Crippen LogP contribution in [0.25, 0.3) is 10.9 Å². The van der Waals surface area contributed by atoms with Crippen molar-refractivity contribution in [3.63, 3.8) is 0 Å². The predicted molar refractivity (Wildman–Crippen MR) is 56.9 cm³/mol. The smallest absolute Gasteiger partial charge is 0.0991 e. The molecule has 0 fully saturated rings. The molecular formula is C12H12N2. The average molecular weight is 184 g/mol. The summed E-state index contributed by atoms with van der Waals surface area (Å²) in [5.74, 6) is 0. The van der Waals surface area contributed by atoms with Gasteiger partial charge in [0.15, 0.2) is 0 Å². The van der Waals surface area contributed by atoms with E-state index in [0.717, 1.165) is 23.9 Å². The number of aryl methyl sites for hydroxylation is 1. The number of fused-ring (bicyclic) bond motifs is 1. The Morgan fingerprint density at radius 1 is 1.36 bits per heavy atom. The van der Waals surface area contributed by atoms with Crippen LogP contribution in [-0.4, -0.2) is 4.57 Å². The second kappa shape index (κ2) is 3.55. The number of nitrogens with zero attached hydrogens (tertiary/aromatic N) is 2. The molecule has 2 heteroatoms. The fourth-order valence-electron chi connectivity index (χ4n) is 1.71. The molecule has 0 atom stereocenters. The van der Waals surface area contributed by atoms with Crippen LogP contribution < -0.4 is 0 Å². The van der Waals surface area contributed by atoms with E-state index in [2.05, 4.69) is 29.8 Å². The Bertz CT molecular complexity index is 488. The Morgan fingerprint density at radius 3 is 2.93 bits per heavy atom. The lowest BCUT2D eigenvalue weighted by atomic mass is 10.2. The largest absolute Gasteiger partial charge is 0.347 e. The molecule has 2 rings (SSSR count). The van der Waals surface area contributed by atoms with Crippen LogP contribution in [0.5, 0.6) is 0 Å². The van der Waals surface area contributed by atoms with Crippen molar-refractivity contribution in [2.75, 3.05) is 0 Å². The molecule has 1 heterocycles. The van der Waals surface area contributed by atoms with Crippen molar-refractivity contribution in [2.45, 2.75) is 19.9 Å². The molecule has 0 bridgehead atoms. The van der Waals surface area contributed by atoms with E-state index in [1.54, 1.807) is 0 Å². The molecular weight excluding hydrogens is 172 g/mol. The zero-order valence-electron chi connectivity index (χ0n) is 8.20. The number of aromatic nitrogens is 1. The molecule has 0 amide bonds. The van der Waals surface area contributed by atoms with Crippen LogP contribution >= 0.6 is 0 Å². The number of nitriles is 1. The molecule has 2 aromatic rings. The second-order valence-electron chi connectivity index (χ2n) is 3.39. The zero-order valence-corrected chi connectivity index (χ0v) is 8.20. The van der Waals surface area contributed by atoms with Gasteiger partial charge in [0.25, 0.3) is 0 Å². The van der Waals surface area contributed by atoms with Crippen molar-refractivity contribution in [1.82, 2.24) is 4.57 Å². The molecule has 0 N–H and O–H groups in total. The van der Waals surface area contributed by atoms with Gasteiger partial charge in [-0.25, -0.2) is 0 Å². The molecule has 0 aliphatic rings. The zero-order chi connectivity index (χ0) is 9.97. The highest BCUT2D eigenvalue weighted by molar-refractivity contribution is 5.81. The van der Waals surface area contributed by atoms with Gasteiger partial charge in [-0.1, -0.05) is 6.92 Å². The first-order valence-electron chi connectivity index (χ1n) is 4.84. The standard InChI is InChI=1S/C12H12N2/c1-2-6-14-7-5-11-8-10(9-13)3-4-12(11)14/h3-5,7-8H,2,6H2,1H3. The highest BCUT2D eigenvalue weighted by Crippen LogP contribution is 2.17. The van der Waals surface area contributed by atoms with E-state index in [-0.39, 0.29) is 0 Å². The normalized spacial score (nSPS) is 10.3. The van der Waals surface area contributed by atoms with Gasteiger partial charge in [0.1, 0.15) is 0 Å². The van der Waals surface area contributed by atoms with Crippen LogP contribution in [0.2, 0.25) is 0 Å². The van der Waals surface area contributed by atoms with Crippen LogP contribution in [0, 0.1) is 11.3 Å². The number of rotatable bonds is 2. The van der Waals surface area contributed by atoms with Crippen molar-refractivity contribution in [2.24, 2.45) is 0 Å². The van der Waals surface area contributed by atoms with Gasteiger partial charge in [-0.15, -0.1) is 0 Å². The number of hydrogen-bond donors (Lipinski definition) is 0. The Morgan fingerprint density at radius 2 is 2.21 bits per heavy atom. The molecule has 70 valence electrons. The lowest BCUT2D eigenvalue weighted by molar-refractivity contribution is 0.703. The van der Waals surface area contributed by atoms with Crippen molar-refractivity contribution >= 4 is 10.9 Å². The molecule has 1 aromatic carbocycles. The molecule has 1 aromatic heterocycles. The third kappa shape index (κ3) is 1.38. The van der Waals surface area contributed by atoms with Gasteiger partial charge in [-0.3, -0.25) is 0 Å². The Balaban J connectivity index is 2.55. The fraction of sp³-hybridized carbons (Fsp3) is 0.250. The van der Waals surface area contributed by atoms with Gasteiger partial charge >= 0.3 is 0 Å². The molecule has 0 spiro atoms. The van der Waals surface area contributed by atoms with E-state index >= 15 is 0 Å². The van der Waals surface area contributed by atoms with Crippen LogP contribution in [0.15, 0.2) is 30.5 Å². The first-order valence-corrected chi connectivity index (χ1v) is 4.84. The van der Waals surface area contributed by atoms with Gasteiger partial charge in [-0.2, -0.15) is 5.26 Å². The molecule has 0 radical (unpaired) electrons. The molecule has 0 saturated heterocycles. The second-order valence-corrected chi connectivity index (χ2v) is 3.39. The lowest BCUT2D eigenvalue weighted by Gasteiger charge is -2.01. The van der Waals surface area contributed by atoms with Crippen LogP contribution in [0.1, 0.15) is 18.9 Å². The van der Waals surface area contributed by atoms with E-state index in [4.69, 9.17) is 5.26 Å². The maximum absolute atomic E-state index is 8.75. The first kappa shape index (κ1) is 8.83. The average Bonchev–Trinajstić information content (AvgIpc) is 2.61. The van der Waals surface area contributed by atoms with E-state index in [1.165, 1.54) is 5.52 Å². The summed E-state index contributed by atoms with van der Waals surface area (Å²) < 4.78 is 2.22. The number of hydrogen-bond acceptors (Lipinski definition) is 1. The van der Waals surface area contributed by atoms with Crippen LogP contribution in [0.4, 0.5) is 0 Å². The highest BCUT2D eigenvalue weighted by Gasteiger charge is 2.00. The SMILES string of the molecule is CCCn1ccc2cc(C#N)ccc21. The molecule has 0 saturated carbocycles. The van der Waals surface area contributed by atoms with Crippen molar-refractivity contribution in [3.05, 3.63) is 36.0 Å². The summed E-state index contributed by atoms with van der Waals surface area (Å²) >= 11 is 0. The summed E-state index contributed by atoms with van der Waals surface area (Å²) in [4.78, 5) is 0. The van der Waals surface area contributed by atoms with E-state index in [0.29, 0.717) is 0 Å². The molecule has 0 unspecified atom stereocenters. The van der Waals surface area contributed by atoms with Gasteiger partial charge in [0.2, 0.25) is 0 Å². The fourth-order valence-corrected chi connectivity index (χ4v) is 1.71. The topological polar surface area (TPSA) is 28.7 Å². The van der Waals surface area contributed by atoms with E-state index in [1.807, 2.05) is 18.2 Å². The van der Waals surface area contributed by atoms with Crippen molar-refractivity contribution in [1.29, 1.82) is 5.26 Å². The summed E-state index contributed by atoms with van der Waals surface area (Å²) in [5.41, 5.74) is 1.94. The Labute approximate surface area is 83.4 Å². The van der Waals surface area contributed by atoms with Crippen LogP contribution in [0.3, 0.4) is 0 Å². The van der Waals surface area contributed by atoms with Gasteiger partial charge in [-0.05, 0) is 30.7 Å². The van der Waals surface area contributed by atoms with Gasteiger partial charge in [0.05, 0.1) is 11.6 Å². The predicted octanol–water partition coefficient (Wildman–Crippen LogP) is 2.92.